The Bertz CT molecular complexity index is 158. The molecule has 0 aromatic heterocycles. The van der Waals surface area contributed by atoms with Crippen LogP contribution in [0.2, 0.25) is 0 Å². The fourth-order valence-electron chi connectivity index (χ4n) is 2.98. The van der Waals surface area contributed by atoms with Crippen LogP contribution in [-0.4, -0.2) is 12.2 Å². The van der Waals surface area contributed by atoms with Gasteiger partial charge in [0.1, 0.15) is 0 Å². The lowest BCUT2D eigenvalue weighted by molar-refractivity contribution is -0.0389. The molecule has 0 atom stereocenters. The van der Waals surface area contributed by atoms with Gasteiger partial charge in [-0.05, 0) is 50.4 Å². The average molecular weight is 182 g/mol. The van der Waals surface area contributed by atoms with Gasteiger partial charge in [-0.1, -0.05) is 13.8 Å². The fourth-order valence-corrected chi connectivity index (χ4v) is 2.98. The minimum Gasteiger partial charge on any atom is -0.375 e. The highest BCUT2D eigenvalue weighted by Crippen LogP contribution is 2.43. The van der Waals surface area contributed by atoms with Gasteiger partial charge in [0.05, 0.1) is 5.60 Å². The largest absolute Gasteiger partial charge is 0.375 e. The van der Waals surface area contributed by atoms with E-state index < -0.39 is 0 Å². The summed E-state index contributed by atoms with van der Waals surface area (Å²) in [5, 5.41) is 0. The molecule has 1 spiro atoms. The number of rotatable bonds is 1. The maximum absolute atomic E-state index is 5.91. The van der Waals surface area contributed by atoms with Gasteiger partial charge in [-0.15, -0.1) is 0 Å². The average Bonchev–Trinajstić information content (AvgIpc) is 2.54. The molecule has 1 aliphatic heterocycles. The van der Waals surface area contributed by atoms with E-state index in [1.54, 1.807) is 0 Å². The van der Waals surface area contributed by atoms with E-state index in [-0.39, 0.29) is 0 Å². The Hall–Kier alpha value is -0.0400. The molecule has 0 bridgehead atoms. The summed E-state index contributed by atoms with van der Waals surface area (Å²) in [6.45, 7) is 5.74. The van der Waals surface area contributed by atoms with Gasteiger partial charge in [-0.25, -0.2) is 0 Å². The lowest BCUT2D eigenvalue weighted by Gasteiger charge is -2.37. The zero-order valence-corrected chi connectivity index (χ0v) is 9.01. The molecule has 1 heterocycles. The van der Waals surface area contributed by atoms with Crippen molar-refractivity contribution in [1.29, 1.82) is 0 Å². The van der Waals surface area contributed by atoms with Crippen molar-refractivity contribution in [1.82, 2.24) is 0 Å². The molecule has 1 heteroatoms. The minimum absolute atomic E-state index is 0.339. The summed E-state index contributed by atoms with van der Waals surface area (Å²) in [4.78, 5) is 0. The van der Waals surface area contributed by atoms with Crippen LogP contribution < -0.4 is 0 Å². The molecule has 1 saturated heterocycles. The predicted octanol–water partition coefficient (Wildman–Crippen LogP) is 3.38. The second-order valence-corrected chi connectivity index (χ2v) is 5.22. The van der Waals surface area contributed by atoms with Gasteiger partial charge in [0.25, 0.3) is 0 Å². The fraction of sp³-hybridized carbons (Fsp3) is 1.00. The lowest BCUT2D eigenvalue weighted by Crippen LogP contribution is -2.34. The molecule has 76 valence electrons. The number of hydrogen-bond acceptors (Lipinski definition) is 1. The van der Waals surface area contributed by atoms with Crippen molar-refractivity contribution in [2.75, 3.05) is 6.61 Å². The smallest absolute Gasteiger partial charge is 0.0683 e. The molecular formula is C12H22O. The third-order valence-corrected chi connectivity index (χ3v) is 4.07. The summed E-state index contributed by atoms with van der Waals surface area (Å²) in [6.07, 6.45) is 8.09. The minimum atomic E-state index is 0.339. The first-order valence-corrected chi connectivity index (χ1v) is 5.86. The van der Waals surface area contributed by atoms with Crippen LogP contribution in [0, 0.1) is 11.8 Å². The van der Waals surface area contributed by atoms with Crippen LogP contribution in [0.4, 0.5) is 0 Å². The normalized spacial score (nSPS) is 40.4. The third kappa shape index (κ3) is 1.90. The van der Waals surface area contributed by atoms with Crippen molar-refractivity contribution >= 4 is 0 Å². The zero-order valence-electron chi connectivity index (χ0n) is 9.01. The Morgan fingerprint density at radius 3 is 2.31 bits per heavy atom. The monoisotopic (exact) mass is 182 g/mol. The van der Waals surface area contributed by atoms with Crippen molar-refractivity contribution in [2.24, 2.45) is 11.8 Å². The highest BCUT2D eigenvalue weighted by Gasteiger charge is 2.39. The van der Waals surface area contributed by atoms with Gasteiger partial charge in [0, 0.05) is 6.61 Å². The maximum atomic E-state index is 5.91. The second kappa shape index (κ2) is 3.61. The first kappa shape index (κ1) is 9.51. The molecule has 2 aliphatic rings. The summed E-state index contributed by atoms with van der Waals surface area (Å²) in [5.74, 6) is 1.84. The van der Waals surface area contributed by atoms with Crippen LogP contribution in [0.15, 0.2) is 0 Å². The van der Waals surface area contributed by atoms with E-state index in [0.29, 0.717) is 5.60 Å². The molecular weight excluding hydrogens is 160 g/mol. The highest BCUT2D eigenvalue weighted by atomic mass is 16.5. The third-order valence-electron chi connectivity index (χ3n) is 4.07. The quantitative estimate of drug-likeness (QED) is 0.604. The molecule has 0 radical (unpaired) electrons. The van der Waals surface area contributed by atoms with Crippen molar-refractivity contribution < 1.29 is 4.74 Å². The van der Waals surface area contributed by atoms with E-state index in [4.69, 9.17) is 4.74 Å². The van der Waals surface area contributed by atoms with Crippen molar-refractivity contribution in [3.8, 4) is 0 Å². The Morgan fingerprint density at radius 2 is 1.85 bits per heavy atom. The van der Waals surface area contributed by atoms with Gasteiger partial charge < -0.3 is 4.74 Å². The topological polar surface area (TPSA) is 9.23 Å². The van der Waals surface area contributed by atoms with Crippen LogP contribution >= 0.6 is 0 Å². The van der Waals surface area contributed by atoms with E-state index in [2.05, 4.69) is 13.8 Å². The predicted molar refractivity (Wildman–Crippen MR) is 54.7 cm³/mol. The summed E-state index contributed by atoms with van der Waals surface area (Å²) in [5.41, 5.74) is 0.339. The van der Waals surface area contributed by atoms with E-state index >= 15 is 0 Å². The molecule has 0 amide bonds. The van der Waals surface area contributed by atoms with Gasteiger partial charge in [0.15, 0.2) is 0 Å². The first-order chi connectivity index (χ1) is 6.22. The molecule has 0 N–H and O–H groups in total. The summed E-state index contributed by atoms with van der Waals surface area (Å²) in [6, 6.07) is 0. The van der Waals surface area contributed by atoms with Crippen LogP contribution in [-0.2, 0) is 4.74 Å². The molecule has 1 saturated carbocycles. The van der Waals surface area contributed by atoms with Gasteiger partial charge in [-0.3, -0.25) is 0 Å². The zero-order chi connectivity index (χ0) is 9.31. The van der Waals surface area contributed by atoms with Crippen molar-refractivity contribution in [3.63, 3.8) is 0 Å². The van der Waals surface area contributed by atoms with Crippen LogP contribution in [0.5, 0.6) is 0 Å². The molecule has 1 aliphatic carbocycles. The van der Waals surface area contributed by atoms with Crippen LogP contribution in [0.3, 0.4) is 0 Å². The van der Waals surface area contributed by atoms with Gasteiger partial charge in [-0.2, -0.15) is 0 Å². The van der Waals surface area contributed by atoms with Crippen LogP contribution in [0.25, 0.3) is 0 Å². The first-order valence-electron chi connectivity index (χ1n) is 5.86. The molecule has 0 aromatic rings. The van der Waals surface area contributed by atoms with Crippen molar-refractivity contribution in [2.45, 2.75) is 58.0 Å². The molecule has 2 rings (SSSR count). The summed E-state index contributed by atoms with van der Waals surface area (Å²) >= 11 is 0. The second-order valence-electron chi connectivity index (χ2n) is 5.22. The van der Waals surface area contributed by atoms with Gasteiger partial charge >= 0.3 is 0 Å². The molecule has 0 unspecified atom stereocenters. The van der Waals surface area contributed by atoms with E-state index in [1.807, 2.05) is 0 Å². The standard InChI is InChI=1S/C12H22O/c1-10(2)11-4-7-12(8-5-11)6-3-9-13-12/h10-11H,3-9H2,1-2H3/t11-,12-. The molecule has 0 aromatic carbocycles. The number of ether oxygens (including phenoxy) is 1. The summed E-state index contributed by atoms with van der Waals surface area (Å²) < 4.78 is 5.91. The van der Waals surface area contributed by atoms with E-state index in [9.17, 15) is 0 Å². The molecule has 13 heavy (non-hydrogen) atoms. The van der Waals surface area contributed by atoms with Crippen molar-refractivity contribution in [3.05, 3.63) is 0 Å². The lowest BCUT2D eigenvalue weighted by atomic mass is 9.74. The molecule has 1 nitrogen and oxygen atoms in total. The Labute approximate surface area is 81.9 Å². The van der Waals surface area contributed by atoms with Crippen LogP contribution in [0.1, 0.15) is 52.4 Å². The van der Waals surface area contributed by atoms with E-state index in [0.717, 1.165) is 18.4 Å². The SMILES string of the molecule is CC(C)[C@H]1CC[C@@]2(CCCO2)CC1. The van der Waals surface area contributed by atoms with Gasteiger partial charge in [0.2, 0.25) is 0 Å². The Balaban J connectivity index is 1.88. The molecule has 2 fully saturated rings. The Kier molecular flexibility index (Phi) is 2.64. The number of hydrogen-bond donors (Lipinski definition) is 0. The maximum Gasteiger partial charge on any atom is 0.0683 e. The Morgan fingerprint density at radius 1 is 1.15 bits per heavy atom. The summed E-state index contributed by atoms with van der Waals surface area (Å²) in [7, 11) is 0. The highest BCUT2D eigenvalue weighted by molar-refractivity contribution is 4.90. The van der Waals surface area contributed by atoms with E-state index in [1.165, 1.54) is 38.5 Å².